The molecular weight excluding hydrogens is 347 g/mol. The second-order valence-corrected chi connectivity index (χ2v) is 6.73. The van der Waals surface area contributed by atoms with E-state index in [-0.39, 0.29) is 30.2 Å². The lowest BCUT2D eigenvalue weighted by molar-refractivity contribution is -0.118. The van der Waals surface area contributed by atoms with Crippen molar-refractivity contribution in [3.8, 4) is 5.75 Å². The van der Waals surface area contributed by atoms with Crippen LogP contribution in [0.4, 0.5) is 15.8 Å². The number of para-hydroxylation sites is 1. The van der Waals surface area contributed by atoms with E-state index in [1.54, 1.807) is 37.3 Å². The zero-order valence-electron chi connectivity index (χ0n) is 15.4. The number of fused-ring (bicyclic) bond motifs is 1. The van der Waals surface area contributed by atoms with Crippen molar-refractivity contribution in [2.45, 2.75) is 20.8 Å². The lowest BCUT2D eigenvalue weighted by Gasteiger charge is -2.20. The summed E-state index contributed by atoms with van der Waals surface area (Å²) in [6, 6.07) is 9.95. The molecule has 0 unspecified atom stereocenters. The van der Waals surface area contributed by atoms with Crippen LogP contribution in [0.15, 0.2) is 42.5 Å². The van der Waals surface area contributed by atoms with Crippen LogP contribution in [0, 0.1) is 18.7 Å². The molecule has 2 aromatic carbocycles. The van der Waals surface area contributed by atoms with E-state index in [1.807, 2.05) is 13.8 Å². The molecule has 0 atom stereocenters. The molecule has 0 radical (unpaired) electrons. The van der Waals surface area contributed by atoms with Gasteiger partial charge in [0, 0.05) is 6.08 Å². The van der Waals surface area contributed by atoms with Crippen LogP contribution in [0.25, 0.3) is 5.57 Å². The van der Waals surface area contributed by atoms with Crippen molar-refractivity contribution in [2.75, 3.05) is 17.2 Å². The number of aryl methyl sites for hydroxylation is 1. The Morgan fingerprint density at radius 2 is 2.07 bits per heavy atom. The van der Waals surface area contributed by atoms with E-state index in [4.69, 9.17) is 4.74 Å². The first-order valence-electron chi connectivity index (χ1n) is 8.70. The van der Waals surface area contributed by atoms with Gasteiger partial charge in [0.25, 0.3) is 5.91 Å². The SMILES string of the molecule is Cc1cc(/C(=C/C(=O)Nc2cccc3c2OCC(=O)N3)C(C)C)ccc1F. The highest BCUT2D eigenvalue weighted by Crippen LogP contribution is 2.35. The third kappa shape index (κ3) is 4.16. The van der Waals surface area contributed by atoms with Crippen molar-refractivity contribution in [2.24, 2.45) is 5.92 Å². The number of carbonyl (C=O) groups excluding carboxylic acids is 2. The van der Waals surface area contributed by atoms with Crippen LogP contribution >= 0.6 is 0 Å². The zero-order chi connectivity index (χ0) is 19.6. The highest BCUT2D eigenvalue weighted by atomic mass is 19.1. The molecule has 0 saturated carbocycles. The highest BCUT2D eigenvalue weighted by molar-refractivity contribution is 6.06. The molecule has 2 N–H and O–H groups in total. The number of allylic oxidation sites excluding steroid dienone is 1. The fraction of sp³-hybridized carbons (Fsp3) is 0.238. The van der Waals surface area contributed by atoms with Crippen molar-refractivity contribution in [3.63, 3.8) is 0 Å². The molecule has 6 heteroatoms. The summed E-state index contributed by atoms with van der Waals surface area (Å²) in [6.07, 6.45) is 1.51. The van der Waals surface area contributed by atoms with Gasteiger partial charge in [-0.1, -0.05) is 26.0 Å². The molecule has 2 amide bonds. The van der Waals surface area contributed by atoms with Gasteiger partial charge in [0.1, 0.15) is 5.82 Å². The minimum Gasteiger partial charge on any atom is -0.479 e. The molecule has 140 valence electrons. The molecule has 5 nitrogen and oxygen atoms in total. The van der Waals surface area contributed by atoms with Gasteiger partial charge in [-0.25, -0.2) is 4.39 Å². The Kier molecular flexibility index (Phi) is 5.26. The summed E-state index contributed by atoms with van der Waals surface area (Å²) in [4.78, 5) is 24.0. The van der Waals surface area contributed by atoms with E-state index in [0.717, 1.165) is 11.1 Å². The first-order chi connectivity index (χ1) is 12.8. The monoisotopic (exact) mass is 368 g/mol. The van der Waals surface area contributed by atoms with Crippen molar-refractivity contribution in [1.29, 1.82) is 0 Å². The van der Waals surface area contributed by atoms with Gasteiger partial charge in [-0.2, -0.15) is 0 Å². The fourth-order valence-electron chi connectivity index (χ4n) is 2.93. The summed E-state index contributed by atoms with van der Waals surface area (Å²) in [7, 11) is 0. The maximum Gasteiger partial charge on any atom is 0.262 e. The molecule has 0 aliphatic carbocycles. The molecule has 0 fully saturated rings. The van der Waals surface area contributed by atoms with Gasteiger partial charge in [0.15, 0.2) is 12.4 Å². The van der Waals surface area contributed by atoms with Gasteiger partial charge in [0.2, 0.25) is 5.91 Å². The van der Waals surface area contributed by atoms with Crippen molar-refractivity contribution in [3.05, 3.63) is 59.4 Å². The Labute approximate surface area is 157 Å². The van der Waals surface area contributed by atoms with Crippen LogP contribution in [0.5, 0.6) is 5.75 Å². The lowest BCUT2D eigenvalue weighted by Crippen LogP contribution is -2.26. The molecule has 0 spiro atoms. The molecule has 3 rings (SSSR count). The molecule has 0 bridgehead atoms. The summed E-state index contributed by atoms with van der Waals surface area (Å²) < 4.78 is 19.0. The van der Waals surface area contributed by atoms with Crippen molar-refractivity contribution in [1.82, 2.24) is 0 Å². The van der Waals surface area contributed by atoms with Crippen LogP contribution in [0.1, 0.15) is 25.0 Å². The van der Waals surface area contributed by atoms with Gasteiger partial charge in [-0.3, -0.25) is 9.59 Å². The molecule has 1 aliphatic rings. The maximum atomic E-state index is 13.6. The smallest absolute Gasteiger partial charge is 0.262 e. The summed E-state index contributed by atoms with van der Waals surface area (Å²) in [5.74, 6) is -0.334. The molecular formula is C21H21FN2O3. The van der Waals surface area contributed by atoms with Crippen molar-refractivity contribution >= 4 is 28.8 Å². The summed E-state index contributed by atoms with van der Waals surface area (Å²) in [5.41, 5.74) is 3.13. The third-order valence-electron chi connectivity index (χ3n) is 4.29. The lowest BCUT2D eigenvalue weighted by atomic mass is 9.93. The molecule has 2 aromatic rings. The average molecular weight is 368 g/mol. The number of halogens is 1. The number of amides is 2. The van der Waals surface area contributed by atoms with Gasteiger partial charge in [0.05, 0.1) is 11.4 Å². The van der Waals surface area contributed by atoms with Crippen LogP contribution in [-0.2, 0) is 9.59 Å². The Morgan fingerprint density at radius 3 is 2.78 bits per heavy atom. The van der Waals surface area contributed by atoms with Gasteiger partial charge >= 0.3 is 0 Å². The number of hydrogen-bond acceptors (Lipinski definition) is 3. The third-order valence-corrected chi connectivity index (χ3v) is 4.29. The zero-order valence-corrected chi connectivity index (χ0v) is 15.4. The average Bonchev–Trinajstić information content (AvgIpc) is 2.62. The summed E-state index contributed by atoms with van der Waals surface area (Å²) >= 11 is 0. The summed E-state index contributed by atoms with van der Waals surface area (Å²) in [5, 5.41) is 5.50. The Bertz CT molecular complexity index is 935. The van der Waals surface area contributed by atoms with Gasteiger partial charge in [-0.05, 0) is 53.8 Å². The Morgan fingerprint density at radius 1 is 1.30 bits per heavy atom. The predicted octanol–water partition coefficient (Wildman–Crippen LogP) is 4.14. The fourth-order valence-corrected chi connectivity index (χ4v) is 2.93. The van der Waals surface area contributed by atoms with E-state index in [9.17, 15) is 14.0 Å². The standard InChI is InChI=1S/C21H21FN2O3/c1-12(2)15(14-7-8-16(22)13(3)9-14)10-19(25)23-17-5-4-6-18-21(17)27-11-20(26)24-18/h4-10,12H,11H2,1-3H3,(H,23,25)(H,24,26)/b15-10+. The van der Waals surface area contributed by atoms with E-state index in [2.05, 4.69) is 10.6 Å². The van der Waals surface area contributed by atoms with E-state index in [1.165, 1.54) is 12.1 Å². The largest absolute Gasteiger partial charge is 0.479 e. The summed E-state index contributed by atoms with van der Waals surface area (Å²) in [6.45, 7) is 5.54. The topological polar surface area (TPSA) is 67.4 Å². The number of carbonyl (C=O) groups is 2. The normalized spacial score (nSPS) is 13.7. The molecule has 1 aliphatic heterocycles. The van der Waals surface area contributed by atoms with Gasteiger partial charge in [-0.15, -0.1) is 0 Å². The first-order valence-corrected chi connectivity index (χ1v) is 8.70. The maximum absolute atomic E-state index is 13.6. The van der Waals surface area contributed by atoms with Crippen LogP contribution in [0.2, 0.25) is 0 Å². The number of anilines is 2. The Hall–Kier alpha value is -3.15. The minimum absolute atomic E-state index is 0.0702. The minimum atomic E-state index is -0.324. The second-order valence-electron chi connectivity index (χ2n) is 6.73. The number of benzene rings is 2. The number of ether oxygens (including phenoxy) is 1. The van der Waals surface area contributed by atoms with E-state index in [0.29, 0.717) is 22.7 Å². The number of hydrogen-bond donors (Lipinski definition) is 2. The molecule has 27 heavy (non-hydrogen) atoms. The quantitative estimate of drug-likeness (QED) is 0.797. The van der Waals surface area contributed by atoms with Crippen molar-refractivity contribution < 1.29 is 18.7 Å². The second kappa shape index (κ2) is 7.61. The molecule has 0 saturated heterocycles. The Balaban J connectivity index is 1.87. The van der Waals surface area contributed by atoms with Crippen LogP contribution in [-0.4, -0.2) is 18.4 Å². The number of rotatable bonds is 4. The van der Waals surface area contributed by atoms with E-state index < -0.39 is 0 Å². The van der Waals surface area contributed by atoms with Gasteiger partial charge < -0.3 is 15.4 Å². The van der Waals surface area contributed by atoms with Crippen LogP contribution in [0.3, 0.4) is 0 Å². The van der Waals surface area contributed by atoms with Crippen LogP contribution < -0.4 is 15.4 Å². The highest BCUT2D eigenvalue weighted by Gasteiger charge is 2.20. The molecule has 1 heterocycles. The number of nitrogens with one attached hydrogen (secondary N) is 2. The molecule has 0 aromatic heterocycles. The predicted molar refractivity (Wildman–Crippen MR) is 103 cm³/mol. The first kappa shape index (κ1) is 18.6. The van der Waals surface area contributed by atoms with E-state index >= 15 is 0 Å².